The van der Waals surface area contributed by atoms with Crippen LogP contribution in [0, 0.1) is 0 Å². The molecule has 9 nitrogen and oxygen atoms in total. The highest BCUT2D eigenvalue weighted by Gasteiger charge is 2.34. The van der Waals surface area contributed by atoms with Gasteiger partial charge in [0.25, 0.3) is 0 Å². The molecule has 2 atom stereocenters. The Hall–Kier alpha value is -3.01. The molecule has 174 valence electrons. The summed E-state index contributed by atoms with van der Waals surface area (Å²) in [4.78, 5) is 21.7. The first kappa shape index (κ1) is 23.2. The Kier molecular flexibility index (Phi) is 6.64. The number of likely N-dealkylation sites (tertiary alicyclic amines) is 1. The van der Waals surface area contributed by atoms with Crippen LogP contribution in [0.25, 0.3) is 22.0 Å². The topological polar surface area (TPSA) is 123 Å². The Bertz CT molecular complexity index is 1180. The van der Waals surface area contributed by atoms with Crippen LogP contribution < -0.4 is 20.5 Å². The molecule has 0 unspecified atom stereocenters. The highest BCUT2D eigenvalue weighted by Crippen LogP contribution is 2.46. The number of nitrogens with zero attached hydrogens (tertiary/aromatic N) is 3. The maximum Gasteiger partial charge on any atom is 0.407 e. The summed E-state index contributed by atoms with van der Waals surface area (Å²) in [7, 11) is 3.05. The van der Waals surface area contributed by atoms with Crippen molar-refractivity contribution in [2.45, 2.75) is 18.5 Å². The number of nitrogens with one attached hydrogen (secondary N) is 1. The molecule has 0 bridgehead atoms. The molecule has 1 amide bonds. The molecular formula is C22H23Cl2N5O4. The predicted octanol–water partition coefficient (Wildman–Crippen LogP) is 4.11. The third kappa shape index (κ3) is 4.44. The van der Waals surface area contributed by atoms with Crippen LogP contribution >= 0.6 is 23.2 Å². The normalized spacial score (nSPS) is 17.9. The number of carboxylic acid groups (broad SMARTS) is 1. The second-order valence-corrected chi connectivity index (χ2v) is 8.41. The highest BCUT2D eigenvalue weighted by molar-refractivity contribution is 6.41. The lowest BCUT2D eigenvalue weighted by atomic mass is 10.0. The van der Waals surface area contributed by atoms with E-state index in [-0.39, 0.29) is 18.6 Å². The summed E-state index contributed by atoms with van der Waals surface area (Å²) >= 11 is 13.1. The van der Waals surface area contributed by atoms with Gasteiger partial charge < -0.3 is 30.5 Å². The van der Waals surface area contributed by atoms with Crippen molar-refractivity contribution in [3.8, 4) is 22.6 Å². The maximum absolute atomic E-state index is 11.4. The molecule has 4 rings (SSSR count). The molecule has 0 aliphatic carbocycles. The second kappa shape index (κ2) is 9.46. The minimum atomic E-state index is -0.979. The van der Waals surface area contributed by atoms with Crippen LogP contribution in [0.3, 0.4) is 0 Å². The van der Waals surface area contributed by atoms with Gasteiger partial charge in [-0.1, -0.05) is 29.3 Å². The van der Waals surface area contributed by atoms with Crippen LogP contribution in [0.15, 0.2) is 30.5 Å². The number of hydrogen-bond donors (Lipinski definition) is 3. The molecule has 1 aliphatic rings. The Balaban J connectivity index is 1.63. The first-order valence-corrected chi connectivity index (χ1v) is 10.9. The molecule has 4 N–H and O–H groups in total. The van der Waals surface area contributed by atoms with Crippen LogP contribution in [0.5, 0.6) is 11.5 Å². The minimum absolute atomic E-state index is 0.117. The van der Waals surface area contributed by atoms with Gasteiger partial charge in [0.2, 0.25) is 5.95 Å². The molecule has 0 spiro atoms. The number of carbonyl (C=O) groups is 1. The Morgan fingerprint density at radius 1 is 1.24 bits per heavy atom. The number of amides is 1. The van der Waals surface area contributed by atoms with Gasteiger partial charge in [-0.15, -0.1) is 0 Å². The van der Waals surface area contributed by atoms with E-state index in [2.05, 4.69) is 15.3 Å². The fraction of sp³-hybridized carbons (Fsp3) is 0.318. The first-order valence-electron chi connectivity index (χ1n) is 10.2. The molecule has 2 aromatic carbocycles. The Morgan fingerprint density at radius 3 is 2.52 bits per heavy atom. The number of methoxy groups -OCH3 is 2. The number of fused-ring (bicyclic) bond motifs is 1. The molecule has 0 radical (unpaired) electrons. The molecule has 1 aliphatic heterocycles. The third-order valence-electron chi connectivity index (χ3n) is 5.71. The lowest BCUT2D eigenvalue weighted by molar-refractivity contribution is 0.141. The van der Waals surface area contributed by atoms with Gasteiger partial charge >= 0.3 is 6.09 Å². The van der Waals surface area contributed by atoms with E-state index in [1.807, 2.05) is 18.2 Å². The number of hydrogen-bond acceptors (Lipinski definition) is 7. The summed E-state index contributed by atoms with van der Waals surface area (Å²) in [6, 6.07) is 6.89. The molecule has 33 heavy (non-hydrogen) atoms. The fourth-order valence-corrected chi connectivity index (χ4v) is 4.78. The van der Waals surface area contributed by atoms with Gasteiger partial charge in [-0.25, -0.2) is 14.8 Å². The molecule has 0 saturated carbocycles. The number of halogens is 2. The molecule has 11 heteroatoms. The van der Waals surface area contributed by atoms with Gasteiger partial charge in [0.15, 0.2) is 0 Å². The van der Waals surface area contributed by atoms with E-state index in [1.54, 1.807) is 12.3 Å². The third-order valence-corrected chi connectivity index (χ3v) is 6.46. The summed E-state index contributed by atoms with van der Waals surface area (Å²) in [5, 5.41) is 14.1. The molecular weight excluding hydrogens is 469 g/mol. The van der Waals surface area contributed by atoms with Gasteiger partial charge in [0, 0.05) is 48.4 Å². The monoisotopic (exact) mass is 491 g/mol. The van der Waals surface area contributed by atoms with Gasteiger partial charge in [0.05, 0.1) is 29.8 Å². The van der Waals surface area contributed by atoms with Crippen molar-refractivity contribution in [2.75, 3.05) is 32.6 Å². The van der Waals surface area contributed by atoms with Gasteiger partial charge in [-0.2, -0.15) is 0 Å². The predicted molar refractivity (Wildman–Crippen MR) is 128 cm³/mol. The van der Waals surface area contributed by atoms with E-state index in [9.17, 15) is 9.90 Å². The van der Waals surface area contributed by atoms with E-state index in [0.717, 1.165) is 10.9 Å². The smallest absolute Gasteiger partial charge is 0.407 e. The lowest BCUT2D eigenvalue weighted by Gasteiger charge is -2.18. The van der Waals surface area contributed by atoms with E-state index in [4.69, 9.17) is 38.4 Å². The van der Waals surface area contributed by atoms with Crippen molar-refractivity contribution in [1.29, 1.82) is 0 Å². The van der Waals surface area contributed by atoms with Crippen molar-refractivity contribution in [2.24, 2.45) is 5.73 Å². The van der Waals surface area contributed by atoms with E-state index < -0.39 is 6.09 Å². The Morgan fingerprint density at radius 2 is 1.94 bits per heavy atom. The number of nitrogens with two attached hydrogens (primary N) is 1. The van der Waals surface area contributed by atoms with Gasteiger partial charge in [-0.3, -0.25) is 0 Å². The van der Waals surface area contributed by atoms with E-state index in [1.165, 1.54) is 19.1 Å². The fourth-order valence-electron chi connectivity index (χ4n) is 4.06. The largest absolute Gasteiger partial charge is 0.495 e. The van der Waals surface area contributed by atoms with E-state index in [0.29, 0.717) is 51.5 Å². The standard InChI is InChI=1S/C22H23Cl2N5O4/c1-32-16-7-17(33-2)20(24)18(19(16)23)11-3-4-15-12(5-11)9-26-21(28-15)27-13-6-14(8-25)29(10-13)22(30)31/h3-5,7,9,13-14H,6,8,10,25H2,1-2H3,(H,30,31)(H,26,27,28)/t13-,14-/m0/s1. The summed E-state index contributed by atoms with van der Waals surface area (Å²) in [6.45, 7) is 0.595. The SMILES string of the molecule is COc1cc(OC)c(Cl)c(-c2ccc3nc(N[C@H]4C[C@@H](CN)N(C(=O)O)C4)ncc3c2)c1Cl. The molecule has 1 saturated heterocycles. The highest BCUT2D eigenvalue weighted by atomic mass is 35.5. The lowest BCUT2D eigenvalue weighted by Crippen LogP contribution is -2.39. The van der Waals surface area contributed by atoms with Crippen LogP contribution in [-0.4, -0.2) is 65.5 Å². The average Bonchev–Trinajstić information content (AvgIpc) is 3.22. The molecule has 1 fully saturated rings. The number of aromatic nitrogens is 2. The van der Waals surface area contributed by atoms with Crippen molar-refractivity contribution < 1.29 is 19.4 Å². The summed E-state index contributed by atoms with van der Waals surface area (Å²) in [5.41, 5.74) is 7.77. The summed E-state index contributed by atoms with van der Waals surface area (Å²) < 4.78 is 10.7. The second-order valence-electron chi connectivity index (χ2n) is 7.65. The zero-order chi connectivity index (χ0) is 23.7. The molecule has 2 heterocycles. The average molecular weight is 492 g/mol. The maximum atomic E-state index is 11.4. The number of rotatable bonds is 6. The minimum Gasteiger partial charge on any atom is -0.495 e. The number of anilines is 1. The quantitative estimate of drug-likeness (QED) is 0.470. The van der Waals surface area contributed by atoms with E-state index >= 15 is 0 Å². The Labute approximate surface area is 200 Å². The summed E-state index contributed by atoms with van der Waals surface area (Å²) in [6.07, 6.45) is 1.31. The van der Waals surface area contributed by atoms with Gasteiger partial charge in [0.1, 0.15) is 11.5 Å². The van der Waals surface area contributed by atoms with Crippen LogP contribution in [0.1, 0.15) is 6.42 Å². The number of benzene rings is 2. The van der Waals surface area contributed by atoms with Crippen molar-refractivity contribution in [3.63, 3.8) is 0 Å². The van der Waals surface area contributed by atoms with Crippen LogP contribution in [0.4, 0.5) is 10.7 Å². The summed E-state index contributed by atoms with van der Waals surface area (Å²) in [5.74, 6) is 1.32. The van der Waals surface area contributed by atoms with Crippen molar-refractivity contribution in [3.05, 3.63) is 40.5 Å². The van der Waals surface area contributed by atoms with Crippen molar-refractivity contribution >= 4 is 46.1 Å². The zero-order valence-corrected chi connectivity index (χ0v) is 19.5. The molecule has 3 aromatic rings. The first-order chi connectivity index (χ1) is 15.9. The van der Waals surface area contributed by atoms with Gasteiger partial charge in [-0.05, 0) is 24.1 Å². The molecule has 1 aromatic heterocycles. The zero-order valence-electron chi connectivity index (χ0n) is 18.0. The van der Waals surface area contributed by atoms with Crippen LogP contribution in [0.2, 0.25) is 10.0 Å². The number of ether oxygens (including phenoxy) is 2. The van der Waals surface area contributed by atoms with Crippen molar-refractivity contribution in [1.82, 2.24) is 14.9 Å². The van der Waals surface area contributed by atoms with Crippen LogP contribution in [-0.2, 0) is 0 Å².